The number of aromatic carboxylic acids is 1. The Balaban J connectivity index is 1.81. The lowest BCUT2D eigenvalue weighted by molar-refractivity contribution is 0.0660. The molecule has 0 saturated heterocycles. The van der Waals surface area contributed by atoms with Gasteiger partial charge in [-0.15, -0.1) is 11.3 Å². The van der Waals surface area contributed by atoms with Crippen LogP contribution in [0.2, 0.25) is 0 Å². The van der Waals surface area contributed by atoms with Crippen LogP contribution in [-0.4, -0.2) is 20.6 Å². The van der Waals surface area contributed by atoms with E-state index in [-0.39, 0.29) is 17.9 Å². The van der Waals surface area contributed by atoms with Gasteiger partial charge in [0, 0.05) is 4.88 Å². The third kappa shape index (κ3) is 2.68. The lowest BCUT2D eigenvalue weighted by atomic mass is 9.89. The molecular formula is C18H18N2O4S. The molecule has 1 N–H and O–H groups in total. The lowest BCUT2D eigenvalue weighted by Crippen LogP contribution is -2.25. The topological polar surface area (TPSA) is 85.3 Å². The number of furan rings is 1. The first-order chi connectivity index (χ1) is 11.9. The molecule has 4 rings (SSSR count). The van der Waals surface area contributed by atoms with Crippen molar-refractivity contribution in [3.8, 4) is 0 Å². The van der Waals surface area contributed by atoms with Crippen molar-refractivity contribution in [1.29, 1.82) is 0 Å². The molecule has 1 atom stereocenters. The highest BCUT2D eigenvalue weighted by Gasteiger charge is 2.24. The summed E-state index contributed by atoms with van der Waals surface area (Å²) in [4.78, 5) is 30.8. The normalized spacial score (nSPS) is 17.0. The van der Waals surface area contributed by atoms with Crippen molar-refractivity contribution >= 4 is 27.5 Å². The molecule has 1 aliphatic rings. The Bertz CT molecular complexity index is 1040. The summed E-state index contributed by atoms with van der Waals surface area (Å²) in [7, 11) is 0. The van der Waals surface area contributed by atoms with E-state index in [0.717, 1.165) is 35.0 Å². The van der Waals surface area contributed by atoms with E-state index < -0.39 is 5.97 Å². The third-order valence-electron chi connectivity index (χ3n) is 4.79. The molecule has 6 nitrogen and oxygen atoms in total. The van der Waals surface area contributed by atoms with Crippen LogP contribution in [-0.2, 0) is 19.4 Å². The molecule has 25 heavy (non-hydrogen) atoms. The zero-order chi connectivity index (χ0) is 17.7. The van der Waals surface area contributed by atoms with Gasteiger partial charge in [0.1, 0.15) is 16.4 Å². The first-order valence-corrected chi connectivity index (χ1v) is 9.09. The van der Waals surface area contributed by atoms with Crippen molar-refractivity contribution in [1.82, 2.24) is 9.55 Å². The molecule has 7 heteroatoms. The number of nitrogens with zero attached hydrogens (tertiary/aromatic N) is 2. The summed E-state index contributed by atoms with van der Waals surface area (Å²) in [5.74, 6) is 0.432. The van der Waals surface area contributed by atoms with Gasteiger partial charge in [0.25, 0.3) is 5.56 Å². The first-order valence-electron chi connectivity index (χ1n) is 8.27. The maximum absolute atomic E-state index is 13.1. The fourth-order valence-corrected chi connectivity index (χ4v) is 4.86. The molecule has 1 aliphatic carbocycles. The van der Waals surface area contributed by atoms with Crippen molar-refractivity contribution in [2.24, 2.45) is 5.92 Å². The number of rotatable bonds is 3. The quantitative estimate of drug-likeness (QED) is 0.777. The van der Waals surface area contributed by atoms with Gasteiger partial charge < -0.3 is 9.52 Å². The number of fused-ring (bicyclic) bond motifs is 3. The minimum Gasteiger partial charge on any atom is -0.475 e. The monoisotopic (exact) mass is 358 g/mol. The Morgan fingerprint density at radius 3 is 3.00 bits per heavy atom. The van der Waals surface area contributed by atoms with Crippen LogP contribution in [0, 0.1) is 12.8 Å². The molecule has 130 valence electrons. The van der Waals surface area contributed by atoms with E-state index in [1.165, 1.54) is 10.9 Å². The molecule has 3 aromatic rings. The summed E-state index contributed by atoms with van der Waals surface area (Å²) in [6.45, 7) is 4.21. The molecule has 0 aromatic carbocycles. The number of carbonyl (C=O) groups is 1. The molecule has 3 heterocycles. The van der Waals surface area contributed by atoms with E-state index in [9.17, 15) is 9.59 Å². The van der Waals surface area contributed by atoms with Crippen LogP contribution in [0.4, 0.5) is 0 Å². The van der Waals surface area contributed by atoms with E-state index >= 15 is 0 Å². The van der Waals surface area contributed by atoms with Gasteiger partial charge in [0.2, 0.25) is 5.76 Å². The van der Waals surface area contributed by atoms with Crippen molar-refractivity contribution in [3.63, 3.8) is 0 Å². The van der Waals surface area contributed by atoms with Crippen molar-refractivity contribution in [2.45, 2.75) is 39.7 Å². The van der Waals surface area contributed by atoms with Crippen molar-refractivity contribution < 1.29 is 14.3 Å². The number of carboxylic acid groups (broad SMARTS) is 1. The molecule has 0 bridgehead atoms. The predicted molar refractivity (Wildman–Crippen MR) is 94.6 cm³/mol. The minimum absolute atomic E-state index is 0.0668. The highest BCUT2D eigenvalue weighted by molar-refractivity contribution is 7.18. The number of thiophene rings is 1. The fraction of sp³-hybridized carbons (Fsp3) is 0.389. The van der Waals surface area contributed by atoms with E-state index in [4.69, 9.17) is 9.52 Å². The third-order valence-corrected chi connectivity index (χ3v) is 5.94. The van der Waals surface area contributed by atoms with Gasteiger partial charge in [-0.1, -0.05) is 6.92 Å². The molecular weight excluding hydrogens is 340 g/mol. The summed E-state index contributed by atoms with van der Waals surface area (Å²) in [6.07, 6.45) is 3.02. The maximum Gasteiger partial charge on any atom is 0.371 e. The lowest BCUT2D eigenvalue weighted by Gasteiger charge is -2.17. The average Bonchev–Trinajstić information content (AvgIpc) is 3.15. The molecule has 0 aliphatic heterocycles. The second-order valence-electron chi connectivity index (χ2n) is 6.65. The van der Waals surface area contributed by atoms with Crippen molar-refractivity contribution in [2.75, 3.05) is 0 Å². The Morgan fingerprint density at radius 1 is 1.48 bits per heavy atom. The largest absolute Gasteiger partial charge is 0.475 e. The van der Waals surface area contributed by atoms with E-state index in [2.05, 4.69) is 11.9 Å². The van der Waals surface area contributed by atoms with Crippen LogP contribution in [0.1, 0.15) is 45.9 Å². The maximum atomic E-state index is 13.1. The highest BCUT2D eigenvalue weighted by Crippen LogP contribution is 2.35. The van der Waals surface area contributed by atoms with Gasteiger partial charge in [-0.25, -0.2) is 9.78 Å². The Hall–Kier alpha value is -2.41. The second kappa shape index (κ2) is 5.84. The van der Waals surface area contributed by atoms with Crippen LogP contribution in [0.3, 0.4) is 0 Å². The smallest absolute Gasteiger partial charge is 0.371 e. The molecule has 0 saturated carbocycles. The fourth-order valence-electron chi connectivity index (χ4n) is 3.44. The Kier molecular flexibility index (Phi) is 3.76. The zero-order valence-corrected chi connectivity index (χ0v) is 14.9. The first kappa shape index (κ1) is 16.1. The summed E-state index contributed by atoms with van der Waals surface area (Å²) in [6, 6.07) is 2.99. The summed E-state index contributed by atoms with van der Waals surface area (Å²) < 4.78 is 6.86. The summed E-state index contributed by atoms with van der Waals surface area (Å²) in [5, 5.41) is 9.69. The van der Waals surface area contributed by atoms with Crippen molar-refractivity contribution in [3.05, 3.63) is 50.3 Å². The van der Waals surface area contributed by atoms with E-state index in [1.807, 2.05) is 0 Å². The number of aromatic nitrogens is 2. The molecule has 0 spiro atoms. The minimum atomic E-state index is -1.12. The van der Waals surface area contributed by atoms with Gasteiger partial charge in [0.05, 0.1) is 11.9 Å². The standard InChI is InChI=1S/C18H18N2O4S/c1-9-3-5-12-14(7-9)25-16-15(12)17(21)20(10(2)19-16)8-11-4-6-13(24-11)18(22)23/h4,6,9H,3,5,7-8H2,1-2H3,(H,22,23). The van der Waals surface area contributed by atoms with Crippen LogP contribution in [0.15, 0.2) is 21.3 Å². The van der Waals surface area contributed by atoms with Crippen LogP contribution >= 0.6 is 11.3 Å². The number of hydrogen-bond acceptors (Lipinski definition) is 5. The summed E-state index contributed by atoms with van der Waals surface area (Å²) >= 11 is 1.63. The second-order valence-corrected chi connectivity index (χ2v) is 7.74. The van der Waals surface area contributed by atoms with E-state index in [1.54, 1.807) is 28.9 Å². The van der Waals surface area contributed by atoms with Gasteiger partial charge in [-0.05, 0) is 49.8 Å². The van der Waals surface area contributed by atoms with Crippen LogP contribution in [0.5, 0.6) is 0 Å². The molecule has 3 aromatic heterocycles. The van der Waals surface area contributed by atoms with Gasteiger partial charge in [-0.2, -0.15) is 0 Å². The van der Waals surface area contributed by atoms with E-state index in [0.29, 0.717) is 17.5 Å². The SMILES string of the molecule is Cc1nc2sc3c(c2c(=O)n1Cc1ccc(C(=O)O)o1)CCC(C)C3. The molecule has 1 unspecified atom stereocenters. The molecule has 0 amide bonds. The van der Waals surface area contributed by atoms with Crippen LogP contribution < -0.4 is 5.56 Å². The summed E-state index contributed by atoms with van der Waals surface area (Å²) in [5.41, 5.74) is 1.08. The zero-order valence-electron chi connectivity index (χ0n) is 14.0. The number of hydrogen-bond donors (Lipinski definition) is 1. The molecule has 0 radical (unpaired) electrons. The average molecular weight is 358 g/mol. The number of carboxylic acids is 1. The van der Waals surface area contributed by atoms with Gasteiger partial charge >= 0.3 is 5.97 Å². The number of aryl methyl sites for hydroxylation is 2. The van der Waals surface area contributed by atoms with Gasteiger partial charge in [0.15, 0.2) is 0 Å². The Morgan fingerprint density at radius 2 is 2.28 bits per heavy atom. The van der Waals surface area contributed by atoms with Crippen LogP contribution in [0.25, 0.3) is 10.2 Å². The highest BCUT2D eigenvalue weighted by atomic mass is 32.1. The predicted octanol–water partition coefficient (Wildman–Crippen LogP) is 3.23. The molecule has 0 fully saturated rings. The Labute approximate surface area is 147 Å². The van der Waals surface area contributed by atoms with Gasteiger partial charge in [-0.3, -0.25) is 9.36 Å².